The van der Waals surface area contributed by atoms with Crippen LogP contribution < -0.4 is 26.7 Å². The van der Waals surface area contributed by atoms with Crippen molar-refractivity contribution < 1.29 is 19.8 Å². The van der Waals surface area contributed by atoms with Gasteiger partial charge in [0.25, 0.3) is 0 Å². The number of likely N-dealkylation sites (tertiary alicyclic amines) is 2. The monoisotopic (exact) mass is 484 g/mol. The Morgan fingerprint density at radius 2 is 1.91 bits per heavy atom. The summed E-state index contributed by atoms with van der Waals surface area (Å²) in [6.45, 7) is 5.68. The summed E-state index contributed by atoms with van der Waals surface area (Å²) in [6.07, 6.45) is 12.6. The van der Waals surface area contributed by atoms with Crippen LogP contribution in [0.2, 0.25) is 0 Å². The van der Waals surface area contributed by atoms with Gasteiger partial charge in [-0.15, -0.1) is 11.6 Å². The number of amides is 1. The zero-order valence-corrected chi connectivity index (χ0v) is 20.8. The summed E-state index contributed by atoms with van der Waals surface area (Å²) in [6, 6.07) is 0.551. The summed E-state index contributed by atoms with van der Waals surface area (Å²) in [5.41, 5.74) is 8.92. The van der Waals surface area contributed by atoms with E-state index in [1.165, 1.54) is 58.0 Å². The molecule has 1 amide bonds. The number of alkyl halides is 1. The third-order valence-electron chi connectivity index (χ3n) is 9.29. The summed E-state index contributed by atoms with van der Waals surface area (Å²) >= 11 is 6.33. The molecule has 0 aromatic rings. The lowest BCUT2D eigenvalue weighted by atomic mass is 9.88. The van der Waals surface area contributed by atoms with Gasteiger partial charge >= 0.3 is 0 Å². The van der Waals surface area contributed by atoms with Gasteiger partial charge in [0.15, 0.2) is 6.23 Å². The number of hydrogen-bond donors (Lipinski definition) is 5. The van der Waals surface area contributed by atoms with Gasteiger partial charge < -0.3 is 16.0 Å². The van der Waals surface area contributed by atoms with Gasteiger partial charge in [0.05, 0.1) is 25.8 Å². The minimum absolute atomic E-state index is 0.0646. The van der Waals surface area contributed by atoms with Gasteiger partial charge in [0.2, 0.25) is 5.91 Å². The number of carbonyl (C=O) groups is 1. The second kappa shape index (κ2) is 11.1. The molecule has 6 atom stereocenters. The molecule has 4 aliphatic heterocycles. The number of carbonyl (C=O) groups excluding carboxylic acids is 1. The van der Waals surface area contributed by atoms with Crippen LogP contribution in [0.3, 0.4) is 0 Å². The Hall–Kier alpha value is -0.480. The molecule has 4 heterocycles. The van der Waals surface area contributed by atoms with Crippen LogP contribution in [0, 0.1) is 17.8 Å². The van der Waals surface area contributed by atoms with Crippen molar-refractivity contribution in [2.24, 2.45) is 23.5 Å². The van der Waals surface area contributed by atoms with E-state index in [1.54, 1.807) is 4.90 Å². The predicted octanol–water partition coefficient (Wildman–Crippen LogP) is -0.895. The van der Waals surface area contributed by atoms with Crippen molar-refractivity contribution in [3.63, 3.8) is 0 Å². The zero-order valence-electron chi connectivity index (χ0n) is 20.0. The van der Waals surface area contributed by atoms with Gasteiger partial charge in [-0.25, -0.2) is 0 Å². The van der Waals surface area contributed by atoms with Crippen LogP contribution in [0.4, 0.5) is 0 Å². The summed E-state index contributed by atoms with van der Waals surface area (Å²) in [4.78, 5) is 22.0. The maximum atomic E-state index is 11.5. The summed E-state index contributed by atoms with van der Waals surface area (Å²) in [5.74, 6) is 1.34. The molecule has 4 saturated heterocycles. The molecule has 5 rings (SSSR count). The van der Waals surface area contributed by atoms with Gasteiger partial charge in [-0.05, 0) is 38.5 Å². The van der Waals surface area contributed by atoms with Crippen molar-refractivity contribution in [1.29, 1.82) is 0 Å². The first-order valence-electron chi connectivity index (χ1n) is 13.6. The maximum absolute atomic E-state index is 11.5. The lowest BCUT2D eigenvalue weighted by Gasteiger charge is -2.39. The molecule has 8 nitrogen and oxygen atoms in total. The van der Waals surface area contributed by atoms with E-state index < -0.39 is 0 Å². The van der Waals surface area contributed by atoms with E-state index in [-0.39, 0.29) is 24.2 Å². The zero-order chi connectivity index (χ0) is 22.8. The fourth-order valence-corrected chi connectivity index (χ4v) is 7.47. The summed E-state index contributed by atoms with van der Waals surface area (Å²) in [5, 5.41) is 6.75. The highest BCUT2D eigenvalue weighted by atomic mass is 35.5. The Labute approximate surface area is 203 Å². The molecular weight excluding hydrogens is 440 g/mol. The van der Waals surface area contributed by atoms with E-state index in [4.69, 9.17) is 22.2 Å². The van der Waals surface area contributed by atoms with Gasteiger partial charge in [-0.1, -0.05) is 0 Å². The molecule has 6 unspecified atom stereocenters. The quantitative estimate of drug-likeness (QED) is 0.315. The average Bonchev–Trinajstić information content (AvgIpc) is 3.50. The van der Waals surface area contributed by atoms with Crippen LogP contribution in [-0.4, -0.2) is 73.5 Å². The molecule has 5 fully saturated rings. The van der Waals surface area contributed by atoms with Gasteiger partial charge in [0, 0.05) is 61.9 Å². The van der Waals surface area contributed by atoms with Crippen LogP contribution in [0.5, 0.6) is 0 Å². The van der Waals surface area contributed by atoms with Gasteiger partial charge in [0.1, 0.15) is 12.2 Å². The second-order valence-corrected chi connectivity index (χ2v) is 12.0. The molecule has 1 aliphatic carbocycles. The molecule has 0 aromatic heterocycles. The average molecular weight is 485 g/mol. The third-order valence-corrected chi connectivity index (χ3v) is 9.73. The molecule has 9 heteroatoms. The van der Waals surface area contributed by atoms with Crippen molar-refractivity contribution in [2.45, 2.75) is 94.2 Å². The van der Waals surface area contributed by atoms with Gasteiger partial charge in [-0.2, -0.15) is 5.48 Å². The lowest BCUT2D eigenvalue weighted by molar-refractivity contribution is -0.919. The van der Waals surface area contributed by atoms with Crippen molar-refractivity contribution in [3.05, 3.63) is 0 Å². The molecule has 7 N–H and O–H groups in total. The molecule has 188 valence electrons. The maximum Gasteiger partial charge on any atom is 0.220 e. The lowest BCUT2D eigenvalue weighted by Crippen LogP contribution is -3.15. The first-order valence-corrected chi connectivity index (χ1v) is 14.0. The number of hydrogen-bond acceptors (Lipinski definition) is 5. The molecule has 1 saturated carbocycles. The van der Waals surface area contributed by atoms with Crippen LogP contribution in [-0.2, 0) is 9.63 Å². The van der Waals surface area contributed by atoms with E-state index >= 15 is 0 Å². The second-order valence-electron chi connectivity index (χ2n) is 11.4. The first-order chi connectivity index (χ1) is 16.1. The van der Waals surface area contributed by atoms with Crippen molar-refractivity contribution >= 4 is 17.5 Å². The molecule has 0 aromatic carbocycles. The summed E-state index contributed by atoms with van der Waals surface area (Å²) < 4.78 is 0. The van der Waals surface area contributed by atoms with Gasteiger partial charge in [-0.3, -0.25) is 19.8 Å². The number of primary amides is 1. The van der Waals surface area contributed by atoms with Crippen LogP contribution in [0.15, 0.2) is 0 Å². The number of nitrogens with zero attached hydrogens (tertiary/aromatic N) is 1. The third kappa shape index (κ3) is 5.85. The smallest absolute Gasteiger partial charge is 0.220 e. The number of halogens is 1. The highest BCUT2D eigenvalue weighted by Crippen LogP contribution is 2.28. The predicted molar refractivity (Wildman–Crippen MR) is 127 cm³/mol. The van der Waals surface area contributed by atoms with E-state index in [1.807, 2.05) is 0 Å². The molecule has 5 aliphatic rings. The topological polar surface area (TPSA) is 101 Å². The Morgan fingerprint density at radius 3 is 2.67 bits per heavy atom. The molecular formula is C24H45ClN6O2+2. The highest BCUT2D eigenvalue weighted by molar-refractivity contribution is 6.20. The minimum Gasteiger partial charge on any atom is -0.369 e. The minimum atomic E-state index is -0.127. The van der Waals surface area contributed by atoms with Crippen molar-refractivity contribution in [2.75, 3.05) is 32.7 Å². The van der Waals surface area contributed by atoms with E-state index in [0.717, 1.165) is 44.8 Å². The number of hydroxylamine groups is 1. The molecule has 33 heavy (non-hydrogen) atoms. The molecule has 0 radical (unpaired) electrons. The van der Waals surface area contributed by atoms with Crippen LogP contribution in [0.25, 0.3) is 0 Å². The van der Waals surface area contributed by atoms with Crippen molar-refractivity contribution in [3.8, 4) is 0 Å². The number of piperidine rings is 2. The number of rotatable bonds is 6. The number of quaternary nitrogens is 2. The normalized spacial score (nSPS) is 43.7. The van der Waals surface area contributed by atoms with Crippen LogP contribution >= 0.6 is 11.6 Å². The summed E-state index contributed by atoms with van der Waals surface area (Å²) in [7, 11) is 0. The fourth-order valence-electron chi connectivity index (χ4n) is 7.22. The molecule has 0 bridgehead atoms. The highest BCUT2D eigenvalue weighted by Gasteiger charge is 2.45. The fraction of sp³-hybridized carbons (Fsp3) is 0.958. The van der Waals surface area contributed by atoms with Crippen LogP contribution in [0.1, 0.15) is 64.2 Å². The Balaban J connectivity index is 1.10. The standard InChI is InChI=1S/C24H43ClN6O2/c25-19-5-3-16(4-6-19)15-31-11-1-2-20(31)24-28-23(29-33-24)18-7-10-27-21(14-18)30-12-8-17(9-13-30)22(26)32/h16-21,23-24,27-29H,1-15H2,(H2,26,32)/p+2. The largest absolute Gasteiger partial charge is 0.369 e. The van der Waals surface area contributed by atoms with Crippen molar-refractivity contribution in [1.82, 2.24) is 15.7 Å². The Morgan fingerprint density at radius 1 is 1.12 bits per heavy atom. The number of nitrogens with two attached hydrogens (primary N) is 2. The Bertz CT molecular complexity index is 655. The number of nitrogens with one attached hydrogen (secondary N) is 3. The Kier molecular flexibility index (Phi) is 8.12. The van der Waals surface area contributed by atoms with E-state index in [9.17, 15) is 4.79 Å². The molecule has 0 spiro atoms. The van der Waals surface area contributed by atoms with E-state index in [2.05, 4.69) is 21.0 Å². The first kappa shape index (κ1) is 24.2. The SMILES string of the molecule is NC(=O)C1CCN(C2CC(C3NOC(C4CCC[NH+]4CC4CCC(Cl)CC4)N3)CC[NH2+]2)CC1. The van der Waals surface area contributed by atoms with E-state index in [0.29, 0.717) is 23.5 Å².